The van der Waals surface area contributed by atoms with Crippen LogP contribution in [-0.4, -0.2) is 49.8 Å². The zero-order valence-corrected chi connectivity index (χ0v) is 11.0. The van der Waals surface area contributed by atoms with Crippen molar-refractivity contribution in [2.75, 3.05) is 28.2 Å². The molecule has 94 valence electrons. The van der Waals surface area contributed by atoms with Gasteiger partial charge in [0.25, 0.3) is 0 Å². The molecule has 0 rings (SSSR count). The van der Waals surface area contributed by atoms with Gasteiger partial charge in [0, 0.05) is 41.0 Å². The van der Waals surface area contributed by atoms with E-state index >= 15 is 0 Å². The maximum Gasteiger partial charge on any atom is 0.222 e. The molecule has 0 heterocycles. The molecule has 0 aromatic heterocycles. The van der Waals surface area contributed by atoms with Crippen molar-refractivity contribution in [3.8, 4) is 0 Å². The highest BCUT2D eigenvalue weighted by atomic mass is 16.2. The predicted octanol–water partition coefficient (Wildman–Crippen LogP) is 1.50. The summed E-state index contributed by atoms with van der Waals surface area (Å²) in [5.41, 5.74) is 0. The quantitative estimate of drug-likeness (QED) is 0.620. The largest absolute Gasteiger partial charge is 0.349 e. The summed E-state index contributed by atoms with van der Waals surface area (Å²) in [5, 5.41) is 0. The molecule has 0 aliphatic carbocycles. The molecule has 4 heteroatoms. The van der Waals surface area contributed by atoms with Gasteiger partial charge < -0.3 is 9.80 Å². The van der Waals surface area contributed by atoms with E-state index in [2.05, 4.69) is 0 Å². The number of hydrogen-bond acceptors (Lipinski definition) is 2. The average Bonchev–Trinajstić information content (AvgIpc) is 2.21. The Bertz CT molecular complexity index is 201. The van der Waals surface area contributed by atoms with Crippen LogP contribution in [0.4, 0.5) is 0 Å². The van der Waals surface area contributed by atoms with Gasteiger partial charge in [-0.1, -0.05) is 12.8 Å². The van der Waals surface area contributed by atoms with E-state index in [0.29, 0.717) is 12.8 Å². The van der Waals surface area contributed by atoms with Gasteiger partial charge in [0.2, 0.25) is 11.8 Å². The summed E-state index contributed by atoms with van der Waals surface area (Å²) >= 11 is 0. The van der Waals surface area contributed by atoms with E-state index in [1.54, 1.807) is 38.0 Å². The Morgan fingerprint density at radius 2 is 1.00 bits per heavy atom. The van der Waals surface area contributed by atoms with Crippen LogP contribution in [0.3, 0.4) is 0 Å². The molecule has 0 aliphatic rings. The van der Waals surface area contributed by atoms with Gasteiger partial charge in [0.05, 0.1) is 0 Å². The molecule has 0 aliphatic heterocycles. The molecule has 0 N–H and O–H groups in total. The molecule has 0 fully saturated rings. The van der Waals surface area contributed by atoms with Crippen LogP contribution in [0.2, 0.25) is 0 Å². The summed E-state index contributed by atoms with van der Waals surface area (Å²) < 4.78 is 0. The van der Waals surface area contributed by atoms with E-state index in [1.807, 2.05) is 0 Å². The Balaban J connectivity index is 3.35. The Hall–Kier alpha value is -1.06. The lowest BCUT2D eigenvalue weighted by molar-refractivity contribution is -0.129. The second kappa shape index (κ2) is 8.13. The fourth-order valence-corrected chi connectivity index (χ4v) is 1.35. The molecule has 0 bridgehead atoms. The number of hydrogen-bond donors (Lipinski definition) is 0. The molecule has 0 aromatic rings. The number of carbonyl (C=O) groups is 2. The van der Waals surface area contributed by atoms with Crippen molar-refractivity contribution in [3.05, 3.63) is 0 Å². The van der Waals surface area contributed by atoms with Gasteiger partial charge in [-0.25, -0.2) is 0 Å². The van der Waals surface area contributed by atoms with Gasteiger partial charge in [-0.2, -0.15) is 0 Å². The molecular formula is C12H24N2O2. The maximum atomic E-state index is 11.2. The van der Waals surface area contributed by atoms with Crippen molar-refractivity contribution in [2.45, 2.75) is 38.5 Å². The van der Waals surface area contributed by atoms with Crippen molar-refractivity contribution in [1.29, 1.82) is 0 Å². The highest BCUT2D eigenvalue weighted by Gasteiger charge is 2.04. The van der Waals surface area contributed by atoms with Crippen LogP contribution in [0.1, 0.15) is 38.5 Å². The van der Waals surface area contributed by atoms with Gasteiger partial charge in [0.1, 0.15) is 0 Å². The van der Waals surface area contributed by atoms with Crippen molar-refractivity contribution in [3.63, 3.8) is 0 Å². The Kier molecular flexibility index (Phi) is 7.60. The first kappa shape index (κ1) is 14.9. The second-order valence-electron chi connectivity index (χ2n) is 4.49. The Labute approximate surface area is 98.6 Å². The lowest BCUT2D eigenvalue weighted by Crippen LogP contribution is -2.21. The van der Waals surface area contributed by atoms with Gasteiger partial charge >= 0.3 is 0 Å². The standard InChI is InChI=1S/C12H24N2O2/c1-13(2)11(15)9-7-5-6-8-10-12(16)14(3)4/h5-10H2,1-4H3. The van der Waals surface area contributed by atoms with Crippen LogP contribution >= 0.6 is 0 Å². The molecule has 0 atom stereocenters. The number of amides is 2. The van der Waals surface area contributed by atoms with E-state index in [1.165, 1.54) is 0 Å². The number of unbranched alkanes of at least 4 members (excludes halogenated alkanes) is 3. The molecule has 0 unspecified atom stereocenters. The summed E-state index contributed by atoms with van der Waals surface area (Å²) in [6.45, 7) is 0. The van der Waals surface area contributed by atoms with Crippen molar-refractivity contribution >= 4 is 11.8 Å². The molecule has 0 saturated carbocycles. The summed E-state index contributed by atoms with van der Waals surface area (Å²) in [5.74, 6) is 0.369. The van der Waals surface area contributed by atoms with Crippen molar-refractivity contribution in [1.82, 2.24) is 9.80 Å². The van der Waals surface area contributed by atoms with Crippen LogP contribution < -0.4 is 0 Å². The van der Waals surface area contributed by atoms with Crippen LogP contribution in [0.25, 0.3) is 0 Å². The van der Waals surface area contributed by atoms with Crippen LogP contribution in [0.15, 0.2) is 0 Å². The van der Waals surface area contributed by atoms with E-state index in [9.17, 15) is 9.59 Å². The molecule has 0 radical (unpaired) electrons. The van der Waals surface area contributed by atoms with E-state index in [-0.39, 0.29) is 11.8 Å². The summed E-state index contributed by atoms with van der Waals surface area (Å²) in [6.07, 6.45) is 5.14. The minimum absolute atomic E-state index is 0.185. The zero-order chi connectivity index (χ0) is 12.6. The smallest absolute Gasteiger partial charge is 0.222 e. The molecule has 0 saturated heterocycles. The summed E-state index contributed by atoms with van der Waals surface area (Å²) in [6, 6.07) is 0. The number of nitrogens with zero attached hydrogens (tertiary/aromatic N) is 2. The topological polar surface area (TPSA) is 40.6 Å². The first-order valence-electron chi connectivity index (χ1n) is 5.85. The fourth-order valence-electron chi connectivity index (χ4n) is 1.35. The van der Waals surface area contributed by atoms with E-state index in [4.69, 9.17) is 0 Å². The van der Waals surface area contributed by atoms with Crippen LogP contribution in [-0.2, 0) is 9.59 Å². The minimum Gasteiger partial charge on any atom is -0.349 e. The third kappa shape index (κ3) is 7.26. The summed E-state index contributed by atoms with van der Waals surface area (Å²) in [4.78, 5) is 25.7. The van der Waals surface area contributed by atoms with Gasteiger partial charge in [-0.15, -0.1) is 0 Å². The normalized spacial score (nSPS) is 10.0. The molecular weight excluding hydrogens is 204 g/mol. The van der Waals surface area contributed by atoms with E-state index in [0.717, 1.165) is 25.7 Å². The van der Waals surface area contributed by atoms with Crippen molar-refractivity contribution in [2.24, 2.45) is 0 Å². The molecule has 2 amide bonds. The molecule has 4 nitrogen and oxygen atoms in total. The van der Waals surface area contributed by atoms with E-state index < -0.39 is 0 Å². The third-order valence-corrected chi connectivity index (χ3v) is 2.53. The zero-order valence-electron chi connectivity index (χ0n) is 11.0. The predicted molar refractivity (Wildman–Crippen MR) is 65.1 cm³/mol. The summed E-state index contributed by atoms with van der Waals surface area (Å²) in [7, 11) is 7.10. The number of rotatable bonds is 7. The first-order valence-corrected chi connectivity index (χ1v) is 5.85. The SMILES string of the molecule is CN(C)C(=O)CCCCCCC(=O)N(C)C. The minimum atomic E-state index is 0.185. The Morgan fingerprint density at radius 3 is 1.25 bits per heavy atom. The first-order chi connectivity index (χ1) is 7.45. The average molecular weight is 228 g/mol. The van der Waals surface area contributed by atoms with Crippen molar-refractivity contribution < 1.29 is 9.59 Å². The second-order valence-corrected chi connectivity index (χ2v) is 4.49. The van der Waals surface area contributed by atoms with Crippen LogP contribution in [0, 0.1) is 0 Å². The highest BCUT2D eigenvalue weighted by Crippen LogP contribution is 2.07. The maximum absolute atomic E-state index is 11.2. The lowest BCUT2D eigenvalue weighted by atomic mass is 10.1. The van der Waals surface area contributed by atoms with Gasteiger partial charge in [-0.3, -0.25) is 9.59 Å². The molecule has 0 spiro atoms. The lowest BCUT2D eigenvalue weighted by Gasteiger charge is -2.10. The van der Waals surface area contributed by atoms with Gasteiger partial charge in [-0.05, 0) is 12.8 Å². The fraction of sp³-hybridized carbons (Fsp3) is 0.833. The molecule has 0 aromatic carbocycles. The van der Waals surface area contributed by atoms with Crippen LogP contribution in [0.5, 0.6) is 0 Å². The number of carbonyl (C=O) groups excluding carboxylic acids is 2. The highest BCUT2D eigenvalue weighted by molar-refractivity contribution is 5.75. The van der Waals surface area contributed by atoms with Gasteiger partial charge in [0.15, 0.2) is 0 Å². The Morgan fingerprint density at radius 1 is 0.688 bits per heavy atom. The third-order valence-electron chi connectivity index (χ3n) is 2.53. The molecule has 16 heavy (non-hydrogen) atoms. The monoisotopic (exact) mass is 228 g/mol.